The summed E-state index contributed by atoms with van der Waals surface area (Å²) in [4.78, 5) is 1.84. The van der Waals surface area contributed by atoms with Crippen LogP contribution in [0.5, 0.6) is 5.75 Å². The number of rotatable bonds is 12. The molecule has 0 amide bonds. The minimum absolute atomic E-state index is 0.464. The van der Waals surface area contributed by atoms with Crippen molar-refractivity contribution < 1.29 is 5.11 Å². The van der Waals surface area contributed by atoms with E-state index in [1.807, 2.05) is 23.9 Å². The maximum atomic E-state index is 10.2. The molecule has 0 saturated carbocycles. The number of phenolic OH excluding ortho intramolecular Hbond substituents is 1. The zero-order valence-corrected chi connectivity index (χ0v) is 17.4. The quantitative estimate of drug-likeness (QED) is 0.315. The Bertz CT molecular complexity index is 418. The fourth-order valence-electron chi connectivity index (χ4n) is 3.94. The Morgan fingerprint density at radius 3 is 1.96 bits per heavy atom. The summed E-state index contributed by atoms with van der Waals surface area (Å²) in [6.45, 7) is 9.36. The molecule has 0 bridgehead atoms. The Hall–Kier alpha value is -0.413. The molecule has 0 aliphatic heterocycles. The van der Waals surface area contributed by atoms with E-state index in [0.29, 0.717) is 5.75 Å². The van der Waals surface area contributed by atoms with Crippen molar-refractivity contribution in [1.29, 1.82) is 0 Å². The smallest absolute Gasteiger partial charge is 0.129 e. The highest BCUT2D eigenvalue weighted by atomic mass is 32.2. The van der Waals surface area contributed by atoms with Crippen molar-refractivity contribution in [1.82, 2.24) is 0 Å². The summed E-state index contributed by atoms with van der Waals surface area (Å²) in [6.07, 6.45) is 7.86. The average Bonchev–Trinajstić information content (AvgIpc) is 2.53. The van der Waals surface area contributed by atoms with Gasteiger partial charge in [0.25, 0.3) is 0 Å². The maximum Gasteiger partial charge on any atom is 0.129 e. The number of thioether (sulfide) groups is 1. The van der Waals surface area contributed by atoms with Gasteiger partial charge in [0, 0.05) is 9.77 Å². The molecule has 1 aromatic carbocycles. The van der Waals surface area contributed by atoms with E-state index < -0.39 is 8.07 Å². The summed E-state index contributed by atoms with van der Waals surface area (Å²) in [5.41, 5.74) is 0. The highest BCUT2D eigenvalue weighted by Gasteiger charge is 2.39. The van der Waals surface area contributed by atoms with Crippen molar-refractivity contribution in [2.24, 2.45) is 0 Å². The number of phenols is 1. The van der Waals surface area contributed by atoms with E-state index >= 15 is 0 Å². The third-order valence-corrected chi connectivity index (χ3v) is 14.0. The average molecular weight is 353 g/mol. The van der Waals surface area contributed by atoms with Gasteiger partial charge in [-0.05, 0) is 18.6 Å². The van der Waals surface area contributed by atoms with E-state index in [1.165, 1.54) is 56.7 Å². The van der Waals surface area contributed by atoms with Gasteiger partial charge in [-0.1, -0.05) is 90.1 Å². The molecule has 3 heteroatoms. The number of hydrogen-bond donors (Lipinski definition) is 1. The first-order valence-corrected chi connectivity index (χ1v) is 13.2. The van der Waals surface area contributed by atoms with Crippen LogP contribution in [-0.4, -0.2) is 18.1 Å². The van der Waals surface area contributed by atoms with Crippen molar-refractivity contribution in [3.8, 4) is 5.75 Å². The number of unbranched alkanes of at least 4 members (excludes halogenated alkanes) is 1. The van der Waals surface area contributed by atoms with Crippen molar-refractivity contribution in [2.45, 2.75) is 94.1 Å². The molecular formula is C20H36OSSi. The topological polar surface area (TPSA) is 20.2 Å². The van der Waals surface area contributed by atoms with Gasteiger partial charge in [-0.2, -0.15) is 0 Å². The van der Waals surface area contributed by atoms with Gasteiger partial charge < -0.3 is 5.11 Å². The molecule has 1 N–H and O–H groups in total. The molecule has 1 rings (SSSR count). The molecule has 0 aliphatic carbocycles. The normalized spacial score (nSPS) is 13.2. The van der Waals surface area contributed by atoms with Gasteiger partial charge in [0.15, 0.2) is 0 Å². The van der Waals surface area contributed by atoms with Crippen LogP contribution in [0, 0.1) is 0 Å². The van der Waals surface area contributed by atoms with Crippen LogP contribution < -0.4 is 0 Å². The first-order chi connectivity index (χ1) is 11.1. The molecular weight excluding hydrogens is 316 g/mol. The van der Waals surface area contributed by atoms with Crippen LogP contribution in [0.3, 0.4) is 0 Å². The van der Waals surface area contributed by atoms with Crippen LogP contribution in [0.4, 0.5) is 0 Å². The zero-order valence-electron chi connectivity index (χ0n) is 15.6. The van der Waals surface area contributed by atoms with Crippen LogP contribution in [0.15, 0.2) is 29.2 Å². The first-order valence-electron chi connectivity index (χ1n) is 9.58. The Kier molecular flexibility index (Phi) is 10.0. The van der Waals surface area contributed by atoms with E-state index in [1.54, 1.807) is 0 Å². The predicted molar refractivity (Wildman–Crippen MR) is 108 cm³/mol. The van der Waals surface area contributed by atoms with Gasteiger partial charge in [0.05, 0.1) is 8.07 Å². The molecule has 0 aliphatic rings. The molecule has 0 aromatic heterocycles. The van der Waals surface area contributed by atoms with Crippen molar-refractivity contribution in [3.63, 3.8) is 0 Å². The molecule has 0 radical (unpaired) electrons. The molecule has 0 saturated heterocycles. The summed E-state index contributed by atoms with van der Waals surface area (Å²) in [5.74, 6) is 0.464. The number of aromatic hydroxyl groups is 1. The predicted octanol–water partition coefficient (Wildman–Crippen LogP) is 7.26. The SMILES string of the molecule is CCCCC(Sc1ccccc1O)[Si](CCC)(CCC)CCC. The molecule has 132 valence electrons. The van der Waals surface area contributed by atoms with Gasteiger partial charge in [0.1, 0.15) is 5.75 Å². The lowest BCUT2D eigenvalue weighted by molar-refractivity contribution is 0.462. The summed E-state index contributed by atoms with van der Waals surface area (Å²) in [6, 6.07) is 12.3. The number of benzene rings is 1. The van der Waals surface area contributed by atoms with Gasteiger partial charge in [-0.3, -0.25) is 0 Å². The second-order valence-corrected chi connectivity index (χ2v) is 13.4. The summed E-state index contributed by atoms with van der Waals surface area (Å²) in [5, 5.41) is 10.2. The fourth-order valence-corrected chi connectivity index (χ4v) is 12.8. The van der Waals surface area contributed by atoms with E-state index in [9.17, 15) is 5.11 Å². The molecule has 1 atom stereocenters. The summed E-state index contributed by atoms with van der Waals surface area (Å²) in [7, 11) is -1.32. The van der Waals surface area contributed by atoms with E-state index in [-0.39, 0.29) is 0 Å². The molecule has 0 heterocycles. The lowest BCUT2D eigenvalue weighted by Gasteiger charge is -2.39. The monoisotopic (exact) mass is 352 g/mol. The van der Waals surface area contributed by atoms with Crippen LogP contribution in [0.25, 0.3) is 0 Å². The number of para-hydroxylation sites is 1. The zero-order chi connectivity index (χ0) is 17.1. The van der Waals surface area contributed by atoms with Crippen LogP contribution in [0.1, 0.15) is 66.2 Å². The Morgan fingerprint density at radius 2 is 1.48 bits per heavy atom. The lowest BCUT2D eigenvalue weighted by atomic mass is 10.3. The van der Waals surface area contributed by atoms with E-state index in [4.69, 9.17) is 0 Å². The maximum absolute atomic E-state index is 10.2. The Balaban J connectivity index is 3.09. The first kappa shape index (κ1) is 20.6. The van der Waals surface area contributed by atoms with Gasteiger partial charge in [-0.25, -0.2) is 0 Å². The Labute approximate surface area is 149 Å². The second-order valence-electron chi connectivity index (χ2n) is 6.83. The lowest BCUT2D eigenvalue weighted by Crippen LogP contribution is -2.45. The highest BCUT2D eigenvalue weighted by molar-refractivity contribution is 8.01. The van der Waals surface area contributed by atoms with Crippen LogP contribution >= 0.6 is 11.8 Å². The molecule has 1 aromatic rings. The van der Waals surface area contributed by atoms with Crippen LogP contribution in [0.2, 0.25) is 18.1 Å². The summed E-state index contributed by atoms with van der Waals surface area (Å²) >= 11 is 1.99. The highest BCUT2D eigenvalue weighted by Crippen LogP contribution is 2.43. The third-order valence-electron chi connectivity index (χ3n) is 4.88. The Morgan fingerprint density at radius 1 is 0.913 bits per heavy atom. The number of hydrogen-bond acceptors (Lipinski definition) is 2. The van der Waals surface area contributed by atoms with Crippen molar-refractivity contribution in [3.05, 3.63) is 24.3 Å². The molecule has 0 fully saturated rings. The van der Waals surface area contributed by atoms with E-state index in [2.05, 4.69) is 39.8 Å². The van der Waals surface area contributed by atoms with E-state index in [0.717, 1.165) is 9.77 Å². The van der Waals surface area contributed by atoms with Crippen LogP contribution in [-0.2, 0) is 0 Å². The van der Waals surface area contributed by atoms with Gasteiger partial charge in [-0.15, -0.1) is 11.8 Å². The van der Waals surface area contributed by atoms with Crippen molar-refractivity contribution in [2.75, 3.05) is 0 Å². The molecule has 23 heavy (non-hydrogen) atoms. The summed E-state index contributed by atoms with van der Waals surface area (Å²) < 4.78 is 0. The molecule has 1 nitrogen and oxygen atoms in total. The third kappa shape index (κ3) is 6.19. The molecule has 0 spiro atoms. The largest absolute Gasteiger partial charge is 0.507 e. The molecule has 1 unspecified atom stereocenters. The minimum Gasteiger partial charge on any atom is -0.507 e. The standard InChI is InChI=1S/C20H36OSSi/c1-5-9-14-20(22-19-13-11-10-12-18(19)21)23(15-6-2,16-7-3)17-8-4/h10-13,20-21H,5-9,14-17H2,1-4H3. The second kappa shape index (κ2) is 11.2. The van der Waals surface area contributed by atoms with Crippen molar-refractivity contribution >= 4 is 19.8 Å². The minimum atomic E-state index is -1.32. The van der Waals surface area contributed by atoms with Gasteiger partial charge >= 0.3 is 0 Å². The van der Waals surface area contributed by atoms with Gasteiger partial charge in [0.2, 0.25) is 0 Å². The fraction of sp³-hybridized carbons (Fsp3) is 0.700.